The lowest BCUT2D eigenvalue weighted by Gasteiger charge is -2.24. The fourth-order valence-electron chi connectivity index (χ4n) is 3.44. The maximum Gasteiger partial charge on any atom is 0.416 e. The van der Waals surface area contributed by atoms with Crippen molar-refractivity contribution in [2.45, 2.75) is 41.7 Å². The van der Waals surface area contributed by atoms with Crippen LogP contribution in [-0.2, 0) is 16.2 Å². The van der Waals surface area contributed by atoms with Crippen LogP contribution >= 0.6 is 0 Å². The third-order valence-electron chi connectivity index (χ3n) is 5.02. The average molecular weight is 431 g/mol. The van der Waals surface area contributed by atoms with Gasteiger partial charge < -0.3 is 14.9 Å². The molecule has 2 aromatic rings. The molecule has 29 heavy (non-hydrogen) atoms. The molecule has 0 spiro atoms. The normalized spacial score (nSPS) is 25.2. The van der Waals surface area contributed by atoms with E-state index in [0.29, 0.717) is 11.3 Å². The van der Waals surface area contributed by atoms with Crippen LogP contribution in [0.2, 0.25) is 0 Å². The van der Waals surface area contributed by atoms with Crippen LogP contribution in [0.25, 0.3) is 0 Å². The molecule has 0 aromatic heterocycles. The van der Waals surface area contributed by atoms with E-state index in [9.17, 15) is 31.8 Å². The number of alkyl halides is 3. The molecule has 0 amide bonds. The van der Waals surface area contributed by atoms with Crippen LogP contribution in [0.15, 0.2) is 53.4 Å². The highest BCUT2D eigenvalue weighted by atomic mass is 32.2. The van der Waals surface area contributed by atoms with Crippen LogP contribution in [0.4, 0.5) is 13.2 Å². The zero-order valence-corrected chi connectivity index (χ0v) is 16.1. The fourth-order valence-corrected chi connectivity index (χ4v) is 4.73. The number of rotatable bonds is 5. The topological polar surface area (TPSA) is 95.9 Å². The van der Waals surface area contributed by atoms with Crippen molar-refractivity contribution in [2.24, 2.45) is 0 Å². The monoisotopic (exact) mass is 431 g/mol. The van der Waals surface area contributed by atoms with Gasteiger partial charge in [-0.2, -0.15) is 13.2 Å². The quantitative estimate of drug-likeness (QED) is 0.675. The average Bonchev–Trinajstić information content (AvgIpc) is 2.95. The summed E-state index contributed by atoms with van der Waals surface area (Å²) >= 11 is 0. The minimum Gasteiger partial charge on any atom is -0.497 e. The van der Waals surface area contributed by atoms with Gasteiger partial charge in [-0.15, -0.1) is 0 Å². The molecule has 4 atom stereocenters. The highest BCUT2D eigenvalue weighted by Crippen LogP contribution is 2.38. The standard InChI is InChI=1S/C19H20F3NO5S/c1-28-13-6-8-14(9-7-13)29(26,27)23-17-15(10-16(24)18(17)25)11-2-4-12(5-3-11)19(20,21)22/h2-9,15-18,23-25H,10H2,1H3. The Balaban J connectivity index is 1.87. The van der Waals surface area contributed by atoms with Crippen LogP contribution in [0.1, 0.15) is 23.5 Å². The summed E-state index contributed by atoms with van der Waals surface area (Å²) in [6.07, 6.45) is -7.12. The van der Waals surface area contributed by atoms with E-state index in [1.165, 1.54) is 43.5 Å². The van der Waals surface area contributed by atoms with Gasteiger partial charge in [0.15, 0.2) is 0 Å². The number of nitrogens with one attached hydrogen (secondary N) is 1. The Morgan fingerprint density at radius 1 is 1.03 bits per heavy atom. The predicted molar refractivity (Wildman–Crippen MR) is 97.9 cm³/mol. The molecule has 1 aliphatic carbocycles. The summed E-state index contributed by atoms with van der Waals surface area (Å²) in [6.45, 7) is 0. The lowest BCUT2D eigenvalue weighted by Crippen LogP contribution is -2.45. The first-order valence-corrected chi connectivity index (χ1v) is 10.2. The molecule has 3 rings (SSSR count). The second-order valence-corrected chi connectivity index (χ2v) is 8.56. The maximum absolute atomic E-state index is 12.8. The number of sulfonamides is 1. The molecule has 0 bridgehead atoms. The van der Waals surface area contributed by atoms with Crippen molar-refractivity contribution in [2.75, 3.05) is 7.11 Å². The molecular formula is C19H20F3NO5S. The van der Waals surface area contributed by atoms with Gasteiger partial charge in [-0.1, -0.05) is 12.1 Å². The van der Waals surface area contributed by atoms with Gasteiger partial charge in [0.2, 0.25) is 10.0 Å². The molecule has 0 aliphatic heterocycles. The van der Waals surface area contributed by atoms with Gasteiger partial charge in [0, 0.05) is 5.92 Å². The molecule has 0 heterocycles. The molecule has 0 saturated heterocycles. The van der Waals surface area contributed by atoms with Gasteiger partial charge in [-0.25, -0.2) is 13.1 Å². The number of hydrogen-bond acceptors (Lipinski definition) is 5. The highest BCUT2D eigenvalue weighted by Gasteiger charge is 2.44. The van der Waals surface area contributed by atoms with E-state index in [1.54, 1.807) is 0 Å². The summed E-state index contributed by atoms with van der Waals surface area (Å²) in [5.41, 5.74) is -0.452. The number of aliphatic hydroxyl groups excluding tert-OH is 2. The van der Waals surface area contributed by atoms with Gasteiger partial charge in [-0.3, -0.25) is 0 Å². The minimum atomic E-state index is -4.50. The summed E-state index contributed by atoms with van der Waals surface area (Å²) in [6, 6.07) is 8.71. The molecule has 10 heteroatoms. The molecule has 1 aliphatic rings. The maximum atomic E-state index is 12.8. The summed E-state index contributed by atoms with van der Waals surface area (Å²) in [4.78, 5) is -0.0712. The van der Waals surface area contributed by atoms with E-state index >= 15 is 0 Å². The number of aliphatic hydroxyl groups is 2. The molecule has 3 N–H and O–H groups in total. The Morgan fingerprint density at radius 2 is 1.62 bits per heavy atom. The first-order chi connectivity index (χ1) is 13.5. The summed E-state index contributed by atoms with van der Waals surface area (Å²) in [7, 11) is -2.62. The molecule has 4 unspecified atom stereocenters. The Kier molecular flexibility index (Phi) is 5.91. The molecule has 6 nitrogen and oxygen atoms in total. The Labute approximate surface area is 166 Å². The van der Waals surface area contributed by atoms with E-state index in [0.717, 1.165) is 12.1 Å². The van der Waals surface area contributed by atoms with E-state index in [-0.39, 0.29) is 11.3 Å². The van der Waals surface area contributed by atoms with Crippen molar-refractivity contribution in [1.82, 2.24) is 4.72 Å². The van der Waals surface area contributed by atoms with Gasteiger partial charge in [0.05, 0.1) is 35.8 Å². The zero-order valence-electron chi connectivity index (χ0n) is 15.3. The second-order valence-electron chi connectivity index (χ2n) is 6.84. The number of ether oxygens (including phenoxy) is 1. The van der Waals surface area contributed by atoms with Crippen molar-refractivity contribution in [3.63, 3.8) is 0 Å². The third-order valence-corrected chi connectivity index (χ3v) is 6.49. The predicted octanol–water partition coefficient (Wildman–Crippen LogP) is 2.27. The van der Waals surface area contributed by atoms with Crippen molar-refractivity contribution in [1.29, 1.82) is 0 Å². The number of methoxy groups -OCH3 is 1. The lowest BCUT2D eigenvalue weighted by molar-refractivity contribution is -0.137. The number of hydrogen-bond donors (Lipinski definition) is 3. The third kappa shape index (κ3) is 4.55. The molecule has 1 saturated carbocycles. The number of halogens is 3. The van der Waals surface area contributed by atoms with Crippen LogP contribution in [-0.4, -0.2) is 44.0 Å². The van der Waals surface area contributed by atoms with Gasteiger partial charge in [-0.05, 0) is 48.4 Å². The molecule has 0 radical (unpaired) electrons. The van der Waals surface area contributed by atoms with Crippen LogP contribution in [0, 0.1) is 0 Å². The fraction of sp³-hybridized carbons (Fsp3) is 0.368. The van der Waals surface area contributed by atoms with Crippen LogP contribution in [0.5, 0.6) is 5.75 Å². The number of benzene rings is 2. The SMILES string of the molecule is COc1ccc(S(=O)(=O)NC2C(c3ccc(C(F)(F)F)cc3)CC(O)C2O)cc1. The van der Waals surface area contributed by atoms with Gasteiger partial charge in [0.25, 0.3) is 0 Å². The van der Waals surface area contributed by atoms with Crippen molar-refractivity contribution in [3.8, 4) is 5.75 Å². The minimum absolute atomic E-state index is 0.00231. The van der Waals surface area contributed by atoms with Crippen molar-refractivity contribution < 1.29 is 36.5 Å². The van der Waals surface area contributed by atoms with Gasteiger partial charge >= 0.3 is 6.18 Å². The van der Waals surface area contributed by atoms with E-state index in [4.69, 9.17) is 4.74 Å². The van der Waals surface area contributed by atoms with E-state index in [2.05, 4.69) is 4.72 Å². The molecule has 1 fully saturated rings. The highest BCUT2D eigenvalue weighted by molar-refractivity contribution is 7.89. The van der Waals surface area contributed by atoms with E-state index < -0.39 is 45.9 Å². The first-order valence-electron chi connectivity index (χ1n) is 8.72. The van der Waals surface area contributed by atoms with Crippen molar-refractivity contribution in [3.05, 3.63) is 59.7 Å². The summed E-state index contributed by atoms with van der Waals surface area (Å²) in [5, 5.41) is 20.3. The molecule has 158 valence electrons. The Hall–Kier alpha value is -2.14. The van der Waals surface area contributed by atoms with Crippen molar-refractivity contribution >= 4 is 10.0 Å². The largest absolute Gasteiger partial charge is 0.497 e. The Bertz CT molecular complexity index is 945. The van der Waals surface area contributed by atoms with Gasteiger partial charge in [0.1, 0.15) is 5.75 Å². The Morgan fingerprint density at radius 3 is 2.14 bits per heavy atom. The molecule has 2 aromatic carbocycles. The summed E-state index contributed by atoms with van der Waals surface area (Å²) in [5.74, 6) is -0.238. The second kappa shape index (κ2) is 7.94. The van der Waals surface area contributed by atoms with Crippen LogP contribution < -0.4 is 9.46 Å². The zero-order chi connectivity index (χ0) is 21.4. The first kappa shape index (κ1) is 21.6. The smallest absolute Gasteiger partial charge is 0.416 e. The van der Waals surface area contributed by atoms with Crippen LogP contribution in [0.3, 0.4) is 0 Å². The van der Waals surface area contributed by atoms with E-state index in [1.807, 2.05) is 0 Å². The summed E-state index contributed by atoms with van der Waals surface area (Å²) < 4.78 is 71.1. The lowest BCUT2D eigenvalue weighted by atomic mass is 9.93. The molecular weight excluding hydrogens is 411 g/mol.